The summed E-state index contributed by atoms with van der Waals surface area (Å²) in [7, 11) is 3.79. The van der Waals surface area contributed by atoms with Crippen LogP contribution in [0.2, 0.25) is 0 Å². The number of hydrogen-bond acceptors (Lipinski definition) is 4. The van der Waals surface area contributed by atoms with Crippen LogP contribution in [-0.4, -0.2) is 61.2 Å². The number of aryl methyl sites for hydroxylation is 1. The van der Waals surface area contributed by atoms with Gasteiger partial charge in [-0.25, -0.2) is 4.98 Å². The van der Waals surface area contributed by atoms with Crippen LogP contribution in [0.25, 0.3) is 5.82 Å². The molecule has 1 amide bonds. The van der Waals surface area contributed by atoms with E-state index in [9.17, 15) is 4.79 Å². The van der Waals surface area contributed by atoms with Gasteiger partial charge in [0.2, 0.25) is 0 Å². The number of aromatic nitrogens is 4. The molecule has 5 rings (SSSR count). The molecular formula is C29H34N6O. The van der Waals surface area contributed by atoms with Crippen LogP contribution in [0.5, 0.6) is 0 Å². The topological polar surface area (TPSA) is 59.2 Å². The molecule has 3 aromatic heterocycles. The lowest BCUT2D eigenvalue weighted by molar-refractivity contribution is 0.0577. The van der Waals surface area contributed by atoms with Gasteiger partial charge in [0.05, 0.1) is 0 Å². The maximum Gasteiger partial charge on any atom is 0.274 e. The normalized spacial score (nSPS) is 15.6. The van der Waals surface area contributed by atoms with Crippen molar-refractivity contribution in [2.24, 2.45) is 13.0 Å². The standard InChI is InChI=1S/C29H34N6O/c1-32-18-15-26(31-32)29(36)33(2)27(21-23-9-4-3-5-10-23)24-13-19-34(20-14-24)22-25-11-8-17-35(25)28-12-6-7-16-30-28/h3-12,15-18,24,27H,13-14,19-22H2,1-2H3. The number of benzene rings is 1. The third-order valence-corrected chi connectivity index (χ3v) is 7.33. The molecule has 7 nitrogen and oxygen atoms in total. The Morgan fingerprint density at radius 2 is 1.78 bits per heavy atom. The molecule has 1 fully saturated rings. The third kappa shape index (κ3) is 5.41. The van der Waals surface area contributed by atoms with Crippen molar-refractivity contribution in [1.82, 2.24) is 29.1 Å². The SMILES string of the molecule is CN(C(=O)c1ccn(C)n1)C(Cc1ccccc1)C1CCN(Cc2cccn2-c2ccccn2)CC1. The largest absolute Gasteiger partial charge is 0.337 e. The van der Waals surface area contributed by atoms with E-state index in [1.165, 1.54) is 11.3 Å². The minimum Gasteiger partial charge on any atom is -0.337 e. The highest BCUT2D eigenvalue weighted by molar-refractivity contribution is 5.92. The molecule has 0 spiro atoms. The zero-order valence-corrected chi connectivity index (χ0v) is 21.1. The Kier molecular flexibility index (Phi) is 7.28. The molecule has 1 aromatic carbocycles. The Morgan fingerprint density at radius 3 is 2.47 bits per heavy atom. The molecular weight excluding hydrogens is 448 g/mol. The fourth-order valence-corrected chi connectivity index (χ4v) is 5.33. The molecule has 7 heteroatoms. The Balaban J connectivity index is 1.28. The van der Waals surface area contributed by atoms with Crippen LogP contribution in [0.1, 0.15) is 34.6 Å². The highest BCUT2D eigenvalue weighted by Crippen LogP contribution is 2.28. The maximum atomic E-state index is 13.3. The third-order valence-electron chi connectivity index (χ3n) is 7.33. The summed E-state index contributed by atoms with van der Waals surface area (Å²) >= 11 is 0. The van der Waals surface area contributed by atoms with E-state index >= 15 is 0 Å². The molecule has 0 aliphatic carbocycles. The first-order valence-corrected chi connectivity index (χ1v) is 12.7. The van der Waals surface area contributed by atoms with Crippen molar-refractivity contribution in [3.05, 3.63) is 102 Å². The van der Waals surface area contributed by atoms with E-state index in [-0.39, 0.29) is 11.9 Å². The Bertz CT molecular complexity index is 1260. The number of piperidine rings is 1. The van der Waals surface area contributed by atoms with Gasteiger partial charge in [-0.05, 0) is 74.2 Å². The minimum atomic E-state index is -0.00727. The zero-order valence-electron chi connectivity index (χ0n) is 21.1. The van der Waals surface area contributed by atoms with E-state index in [2.05, 4.69) is 62.1 Å². The van der Waals surface area contributed by atoms with Crippen LogP contribution in [0.3, 0.4) is 0 Å². The second kappa shape index (κ2) is 10.9. The lowest BCUT2D eigenvalue weighted by Crippen LogP contribution is -2.47. The number of likely N-dealkylation sites (N-methyl/N-ethyl adjacent to an activating group) is 1. The highest BCUT2D eigenvalue weighted by atomic mass is 16.2. The summed E-state index contributed by atoms with van der Waals surface area (Å²) < 4.78 is 3.86. The van der Waals surface area contributed by atoms with Gasteiger partial charge in [0.15, 0.2) is 0 Å². The Hall–Kier alpha value is -3.71. The Morgan fingerprint density at radius 1 is 1.00 bits per heavy atom. The van der Waals surface area contributed by atoms with Crippen molar-refractivity contribution in [3.8, 4) is 5.82 Å². The molecule has 1 aliphatic heterocycles. The van der Waals surface area contributed by atoms with Gasteiger partial charge in [-0.15, -0.1) is 0 Å². The fraction of sp³-hybridized carbons (Fsp3) is 0.345. The number of likely N-dealkylation sites (tertiary alicyclic amines) is 1. The fourth-order valence-electron chi connectivity index (χ4n) is 5.33. The zero-order chi connectivity index (χ0) is 24.9. The van der Waals surface area contributed by atoms with E-state index < -0.39 is 0 Å². The predicted octanol–water partition coefficient (Wildman–Crippen LogP) is 4.20. The van der Waals surface area contributed by atoms with E-state index in [0.717, 1.165) is 44.7 Å². The molecule has 1 unspecified atom stereocenters. The van der Waals surface area contributed by atoms with Gasteiger partial charge in [-0.1, -0.05) is 36.4 Å². The smallest absolute Gasteiger partial charge is 0.274 e. The van der Waals surface area contributed by atoms with Crippen LogP contribution in [-0.2, 0) is 20.0 Å². The van der Waals surface area contributed by atoms with Gasteiger partial charge in [0.1, 0.15) is 11.5 Å². The van der Waals surface area contributed by atoms with Gasteiger partial charge >= 0.3 is 0 Å². The summed E-state index contributed by atoms with van der Waals surface area (Å²) in [6.07, 6.45) is 8.71. The monoisotopic (exact) mass is 482 g/mol. The van der Waals surface area contributed by atoms with E-state index in [1.807, 2.05) is 55.7 Å². The molecule has 0 bridgehead atoms. The van der Waals surface area contributed by atoms with Gasteiger partial charge in [0.25, 0.3) is 5.91 Å². The quantitative estimate of drug-likeness (QED) is 0.378. The first kappa shape index (κ1) is 24.0. The van der Waals surface area contributed by atoms with Crippen molar-refractivity contribution in [2.45, 2.75) is 31.8 Å². The molecule has 186 valence electrons. The summed E-state index contributed by atoms with van der Waals surface area (Å²) in [5.41, 5.74) is 3.01. The van der Waals surface area contributed by atoms with Gasteiger partial charge in [0, 0.05) is 51.0 Å². The predicted molar refractivity (Wildman–Crippen MR) is 141 cm³/mol. The average Bonchev–Trinajstić information content (AvgIpc) is 3.57. The number of carbonyl (C=O) groups excluding carboxylic acids is 1. The summed E-state index contributed by atoms with van der Waals surface area (Å²) in [5, 5.41) is 4.36. The van der Waals surface area contributed by atoms with Crippen LogP contribution in [0.4, 0.5) is 0 Å². The lowest BCUT2D eigenvalue weighted by Gasteiger charge is -2.40. The van der Waals surface area contributed by atoms with E-state index in [1.54, 1.807) is 10.7 Å². The van der Waals surface area contributed by atoms with Crippen molar-refractivity contribution in [2.75, 3.05) is 20.1 Å². The number of hydrogen-bond donors (Lipinski definition) is 0. The van der Waals surface area contributed by atoms with Crippen molar-refractivity contribution in [1.29, 1.82) is 0 Å². The molecule has 4 heterocycles. The number of rotatable bonds is 8. The molecule has 0 saturated carbocycles. The highest BCUT2D eigenvalue weighted by Gasteiger charge is 2.32. The number of pyridine rings is 1. The van der Waals surface area contributed by atoms with E-state index in [0.29, 0.717) is 11.6 Å². The summed E-state index contributed by atoms with van der Waals surface area (Å²) in [4.78, 5) is 22.3. The maximum absolute atomic E-state index is 13.3. The van der Waals surface area contributed by atoms with Gasteiger partial charge in [-0.3, -0.25) is 14.4 Å². The van der Waals surface area contributed by atoms with Gasteiger partial charge < -0.3 is 9.47 Å². The van der Waals surface area contributed by atoms with Crippen LogP contribution in [0, 0.1) is 5.92 Å². The number of nitrogens with zero attached hydrogens (tertiary/aromatic N) is 6. The summed E-state index contributed by atoms with van der Waals surface area (Å²) in [6, 6.07) is 22.7. The first-order chi connectivity index (χ1) is 17.6. The van der Waals surface area contributed by atoms with Gasteiger partial charge in [-0.2, -0.15) is 5.10 Å². The average molecular weight is 483 g/mol. The first-order valence-electron chi connectivity index (χ1n) is 12.7. The number of carbonyl (C=O) groups is 1. The van der Waals surface area contributed by atoms with Crippen LogP contribution < -0.4 is 0 Å². The van der Waals surface area contributed by atoms with E-state index in [4.69, 9.17) is 0 Å². The minimum absolute atomic E-state index is 0.00727. The molecule has 1 saturated heterocycles. The lowest BCUT2D eigenvalue weighted by atomic mass is 9.84. The molecule has 36 heavy (non-hydrogen) atoms. The van der Waals surface area contributed by atoms with Crippen molar-refractivity contribution >= 4 is 5.91 Å². The van der Waals surface area contributed by atoms with Crippen LogP contribution >= 0.6 is 0 Å². The Labute approximate surface area is 213 Å². The molecule has 1 aliphatic rings. The molecule has 1 atom stereocenters. The molecule has 0 N–H and O–H groups in total. The van der Waals surface area contributed by atoms with Crippen molar-refractivity contribution in [3.63, 3.8) is 0 Å². The van der Waals surface area contributed by atoms with Crippen molar-refractivity contribution < 1.29 is 4.79 Å². The molecule has 4 aromatic rings. The number of amides is 1. The van der Waals surface area contributed by atoms with Crippen LogP contribution in [0.15, 0.2) is 85.3 Å². The summed E-state index contributed by atoms with van der Waals surface area (Å²) in [6.45, 7) is 2.91. The summed E-state index contributed by atoms with van der Waals surface area (Å²) in [5.74, 6) is 1.37. The second-order valence-electron chi connectivity index (χ2n) is 9.72. The second-order valence-corrected chi connectivity index (χ2v) is 9.72. The molecule has 0 radical (unpaired) electrons.